The summed E-state index contributed by atoms with van der Waals surface area (Å²) in [6.45, 7) is 2.41. The molecule has 4 aromatic rings. The van der Waals surface area contributed by atoms with Crippen LogP contribution in [0, 0.1) is 0 Å². The van der Waals surface area contributed by atoms with Crippen molar-refractivity contribution in [3.8, 4) is 23.0 Å². The Labute approximate surface area is 182 Å². The zero-order chi connectivity index (χ0) is 22.1. The van der Waals surface area contributed by atoms with Crippen molar-refractivity contribution in [3.05, 3.63) is 54.6 Å². The third-order valence-corrected chi connectivity index (χ3v) is 5.27. The summed E-state index contributed by atoms with van der Waals surface area (Å²) in [6.07, 6.45) is 0.488. The van der Waals surface area contributed by atoms with Gasteiger partial charge in [0.1, 0.15) is 22.9 Å². The third kappa shape index (κ3) is 3.62. The molecule has 3 aromatic heterocycles. The number of methoxy groups -OCH3 is 1. The number of nitrogens with zero attached hydrogens (tertiary/aromatic N) is 6. The molecular formula is C22H20F2N6O2. The van der Waals surface area contributed by atoms with Gasteiger partial charge >= 0.3 is 0 Å². The van der Waals surface area contributed by atoms with E-state index in [0.29, 0.717) is 66.1 Å². The monoisotopic (exact) mass is 438 g/mol. The number of pyridine rings is 1. The number of hydrogen-bond donors (Lipinski definition) is 0. The topological polar surface area (TPSA) is 78.2 Å². The van der Waals surface area contributed by atoms with E-state index in [4.69, 9.17) is 14.5 Å². The predicted octanol–water partition coefficient (Wildman–Crippen LogP) is 3.66. The van der Waals surface area contributed by atoms with Crippen LogP contribution >= 0.6 is 0 Å². The quantitative estimate of drug-likeness (QED) is 0.471. The SMILES string of the molecule is COc1cccc2c1nc(C(F)F)n2-c1cc(N2CCOCC2)nc(-c2cccnc2)n1. The van der Waals surface area contributed by atoms with Crippen LogP contribution in [0.25, 0.3) is 28.2 Å². The zero-order valence-electron chi connectivity index (χ0n) is 17.3. The Morgan fingerprint density at radius 1 is 1.03 bits per heavy atom. The van der Waals surface area contributed by atoms with E-state index in [1.165, 1.54) is 11.7 Å². The number of para-hydroxylation sites is 1. The maximum absolute atomic E-state index is 14.1. The number of hydrogen-bond acceptors (Lipinski definition) is 7. The number of fused-ring (bicyclic) bond motifs is 1. The van der Waals surface area contributed by atoms with Gasteiger partial charge in [-0.1, -0.05) is 6.07 Å². The fourth-order valence-corrected chi connectivity index (χ4v) is 3.76. The summed E-state index contributed by atoms with van der Waals surface area (Å²) in [7, 11) is 1.48. The lowest BCUT2D eigenvalue weighted by Crippen LogP contribution is -2.37. The highest BCUT2D eigenvalue weighted by molar-refractivity contribution is 5.84. The summed E-state index contributed by atoms with van der Waals surface area (Å²) >= 11 is 0. The number of anilines is 1. The van der Waals surface area contributed by atoms with Gasteiger partial charge in [0.15, 0.2) is 11.6 Å². The molecule has 32 heavy (non-hydrogen) atoms. The number of imidazole rings is 1. The van der Waals surface area contributed by atoms with Gasteiger partial charge in [-0.05, 0) is 24.3 Å². The molecule has 0 aliphatic carbocycles. The average Bonchev–Trinajstić information content (AvgIpc) is 3.25. The molecule has 8 nitrogen and oxygen atoms in total. The number of aromatic nitrogens is 5. The Kier molecular flexibility index (Phi) is 5.36. The molecule has 164 valence electrons. The fourth-order valence-electron chi connectivity index (χ4n) is 3.76. The van der Waals surface area contributed by atoms with E-state index < -0.39 is 12.2 Å². The molecule has 5 rings (SSSR count). The highest BCUT2D eigenvalue weighted by Crippen LogP contribution is 2.33. The number of halogens is 2. The normalized spacial score (nSPS) is 14.3. The highest BCUT2D eigenvalue weighted by atomic mass is 19.3. The van der Waals surface area contributed by atoms with Crippen molar-refractivity contribution in [1.82, 2.24) is 24.5 Å². The van der Waals surface area contributed by atoms with E-state index in [1.807, 2.05) is 6.07 Å². The molecule has 1 aliphatic rings. The molecule has 0 spiro atoms. The van der Waals surface area contributed by atoms with E-state index in [9.17, 15) is 8.78 Å². The Balaban J connectivity index is 1.76. The van der Waals surface area contributed by atoms with Gasteiger partial charge in [0.05, 0.1) is 25.8 Å². The summed E-state index contributed by atoms with van der Waals surface area (Å²) in [5.41, 5.74) is 1.51. The summed E-state index contributed by atoms with van der Waals surface area (Å²) < 4.78 is 40.3. The number of alkyl halides is 2. The minimum absolute atomic E-state index is 0.298. The van der Waals surface area contributed by atoms with Crippen LogP contribution in [0.2, 0.25) is 0 Å². The first kappa shape index (κ1) is 20.3. The highest BCUT2D eigenvalue weighted by Gasteiger charge is 2.25. The molecule has 1 saturated heterocycles. The molecule has 0 atom stereocenters. The van der Waals surface area contributed by atoms with Gasteiger partial charge in [0.2, 0.25) is 0 Å². The lowest BCUT2D eigenvalue weighted by molar-refractivity contribution is 0.122. The number of ether oxygens (including phenoxy) is 2. The van der Waals surface area contributed by atoms with Gasteiger partial charge in [-0.15, -0.1) is 0 Å². The molecule has 1 aromatic carbocycles. The van der Waals surface area contributed by atoms with E-state index in [1.54, 1.807) is 42.7 Å². The van der Waals surface area contributed by atoms with Crippen LogP contribution in [0.5, 0.6) is 5.75 Å². The number of rotatable bonds is 5. The van der Waals surface area contributed by atoms with Crippen molar-refractivity contribution in [2.45, 2.75) is 6.43 Å². The molecule has 0 amide bonds. The van der Waals surface area contributed by atoms with Crippen LogP contribution in [0.1, 0.15) is 12.2 Å². The van der Waals surface area contributed by atoms with Gasteiger partial charge in [-0.2, -0.15) is 0 Å². The maximum atomic E-state index is 14.1. The van der Waals surface area contributed by atoms with Crippen LogP contribution in [-0.4, -0.2) is 57.9 Å². The average molecular weight is 438 g/mol. The number of benzene rings is 1. The summed E-state index contributed by atoms with van der Waals surface area (Å²) in [5.74, 6) is 1.32. The molecule has 10 heteroatoms. The Hall–Kier alpha value is -3.66. The first-order valence-electron chi connectivity index (χ1n) is 10.1. The second-order valence-electron chi connectivity index (χ2n) is 7.18. The zero-order valence-corrected chi connectivity index (χ0v) is 17.3. The Morgan fingerprint density at radius 3 is 2.56 bits per heavy atom. The summed E-state index contributed by atoms with van der Waals surface area (Å²) in [4.78, 5) is 19.7. The molecule has 1 fully saturated rings. The Morgan fingerprint density at radius 2 is 1.84 bits per heavy atom. The van der Waals surface area contributed by atoms with Gasteiger partial charge in [-0.3, -0.25) is 9.55 Å². The fraction of sp³-hybridized carbons (Fsp3) is 0.273. The van der Waals surface area contributed by atoms with Crippen LogP contribution in [0.15, 0.2) is 48.8 Å². The summed E-state index contributed by atoms with van der Waals surface area (Å²) in [5, 5.41) is 0. The second kappa shape index (κ2) is 8.46. The molecular weight excluding hydrogens is 418 g/mol. The molecule has 0 unspecified atom stereocenters. The van der Waals surface area contributed by atoms with E-state index in [2.05, 4.69) is 19.9 Å². The molecule has 0 radical (unpaired) electrons. The predicted molar refractivity (Wildman–Crippen MR) is 114 cm³/mol. The third-order valence-electron chi connectivity index (χ3n) is 5.27. The largest absolute Gasteiger partial charge is 0.494 e. The smallest absolute Gasteiger partial charge is 0.296 e. The summed E-state index contributed by atoms with van der Waals surface area (Å²) in [6, 6.07) is 10.5. The molecule has 0 bridgehead atoms. The van der Waals surface area contributed by atoms with Gasteiger partial charge in [0, 0.05) is 37.1 Å². The van der Waals surface area contributed by atoms with E-state index in [0.717, 1.165) is 0 Å². The van der Waals surface area contributed by atoms with Crippen LogP contribution < -0.4 is 9.64 Å². The molecule has 1 aliphatic heterocycles. The minimum atomic E-state index is -2.81. The molecule has 0 N–H and O–H groups in total. The minimum Gasteiger partial charge on any atom is -0.494 e. The second-order valence-corrected chi connectivity index (χ2v) is 7.18. The van der Waals surface area contributed by atoms with E-state index in [-0.39, 0.29) is 0 Å². The molecule has 4 heterocycles. The van der Waals surface area contributed by atoms with Crippen molar-refractivity contribution in [1.29, 1.82) is 0 Å². The molecule has 0 saturated carbocycles. The van der Waals surface area contributed by atoms with Crippen molar-refractivity contribution in [3.63, 3.8) is 0 Å². The maximum Gasteiger partial charge on any atom is 0.296 e. The number of morpholine rings is 1. The van der Waals surface area contributed by atoms with Crippen LogP contribution in [-0.2, 0) is 4.74 Å². The standard InChI is InChI=1S/C22H20F2N6O2/c1-31-16-6-2-5-15-19(16)28-22(20(23)24)30(15)18-12-17(29-8-10-32-11-9-29)26-21(27-18)14-4-3-7-25-13-14/h2-7,12-13,20H,8-11H2,1H3. The first-order valence-corrected chi connectivity index (χ1v) is 10.1. The van der Waals surface area contributed by atoms with Crippen molar-refractivity contribution in [2.24, 2.45) is 0 Å². The van der Waals surface area contributed by atoms with Crippen LogP contribution in [0.3, 0.4) is 0 Å². The first-order chi connectivity index (χ1) is 15.7. The van der Waals surface area contributed by atoms with Gasteiger partial charge in [-0.25, -0.2) is 23.7 Å². The van der Waals surface area contributed by atoms with Crippen molar-refractivity contribution < 1.29 is 18.3 Å². The van der Waals surface area contributed by atoms with Crippen molar-refractivity contribution in [2.75, 3.05) is 38.3 Å². The Bertz CT molecular complexity index is 1240. The lowest BCUT2D eigenvalue weighted by atomic mass is 10.2. The van der Waals surface area contributed by atoms with Crippen LogP contribution in [0.4, 0.5) is 14.6 Å². The lowest BCUT2D eigenvalue weighted by Gasteiger charge is -2.28. The van der Waals surface area contributed by atoms with Gasteiger partial charge < -0.3 is 14.4 Å². The van der Waals surface area contributed by atoms with Gasteiger partial charge in [0.25, 0.3) is 6.43 Å². The van der Waals surface area contributed by atoms with E-state index >= 15 is 0 Å². The van der Waals surface area contributed by atoms with Crippen molar-refractivity contribution >= 4 is 16.9 Å².